The molecule has 0 saturated heterocycles. The molecular weight excluding hydrogens is 268 g/mol. The molecule has 0 bridgehead atoms. The molecule has 0 N–H and O–H groups in total. The molecule has 4 nitrogen and oxygen atoms in total. The van der Waals surface area contributed by atoms with Gasteiger partial charge in [-0.2, -0.15) is 4.31 Å². The van der Waals surface area contributed by atoms with E-state index in [0.29, 0.717) is 18.8 Å². The van der Waals surface area contributed by atoms with Crippen LogP contribution in [0.15, 0.2) is 10.9 Å². The van der Waals surface area contributed by atoms with E-state index in [9.17, 15) is 8.42 Å². The van der Waals surface area contributed by atoms with Crippen molar-refractivity contribution < 1.29 is 8.42 Å². The van der Waals surface area contributed by atoms with Gasteiger partial charge in [-0.3, -0.25) is 0 Å². The standard InChI is InChI=1S/C9H15ClN2O2S2/c1-12(6-9-7-15-8-11-9)16(13,14)5-3-2-4-10/h7-8H,2-6H2,1H3. The van der Waals surface area contributed by atoms with E-state index in [0.717, 1.165) is 12.1 Å². The maximum absolute atomic E-state index is 11.8. The number of sulfonamides is 1. The van der Waals surface area contributed by atoms with Crippen molar-refractivity contribution in [3.8, 4) is 0 Å². The highest BCUT2D eigenvalue weighted by Gasteiger charge is 2.17. The van der Waals surface area contributed by atoms with Crippen LogP contribution in [0.2, 0.25) is 0 Å². The first-order valence-corrected chi connectivity index (χ1v) is 8.02. The van der Waals surface area contributed by atoms with E-state index in [1.807, 2.05) is 5.38 Å². The van der Waals surface area contributed by atoms with Gasteiger partial charge < -0.3 is 0 Å². The van der Waals surface area contributed by atoms with Crippen LogP contribution in [-0.2, 0) is 16.6 Å². The Morgan fingerprint density at radius 2 is 2.25 bits per heavy atom. The van der Waals surface area contributed by atoms with Crippen molar-refractivity contribution in [2.24, 2.45) is 0 Å². The first-order valence-electron chi connectivity index (χ1n) is 4.93. The second-order valence-corrected chi connectivity index (χ2v) is 6.74. The van der Waals surface area contributed by atoms with Gasteiger partial charge in [-0.15, -0.1) is 22.9 Å². The van der Waals surface area contributed by atoms with E-state index >= 15 is 0 Å². The van der Waals surface area contributed by atoms with Crippen LogP contribution < -0.4 is 0 Å². The lowest BCUT2D eigenvalue weighted by Crippen LogP contribution is -2.29. The smallest absolute Gasteiger partial charge is 0.214 e. The maximum atomic E-state index is 11.8. The van der Waals surface area contributed by atoms with Crippen LogP contribution in [0.5, 0.6) is 0 Å². The molecule has 0 radical (unpaired) electrons. The highest BCUT2D eigenvalue weighted by atomic mass is 35.5. The Hall–Kier alpha value is -0.170. The number of nitrogens with zero attached hydrogens (tertiary/aromatic N) is 2. The highest BCUT2D eigenvalue weighted by molar-refractivity contribution is 7.89. The van der Waals surface area contributed by atoms with E-state index in [1.54, 1.807) is 12.6 Å². The second-order valence-electron chi connectivity index (χ2n) is 3.45. The van der Waals surface area contributed by atoms with Gasteiger partial charge in [0.2, 0.25) is 10.0 Å². The Morgan fingerprint density at radius 3 is 2.81 bits per heavy atom. The molecule has 0 aromatic carbocycles. The van der Waals surface area contributed by atoms with E-state index in [-0.39, 0.29) is 5.75 Å². The molecule has 0 spiro atoms. The number of halogens is 1. The summed E-state index contributed by atoms with van der Waals surface area (Å²) in [6.07, 6.45) is 1.33. The molecule has 92 valence electrons. The van der Waals surface area contributed by atoms with Gasteiger partial charge in [-0.05, 0) is 12.8 Å². The Labute approximate surface area is 105 Å². The van der Waals surface area contributed by atoms with Gasteiger partial charge in [-0.1, -0.05) is 0 Å². The summed E-state index contributed by atoms with van der Waals surface area (Å²) in [5.41, 5.74) is 2.48. The van der Waals surface area contributed by atoms with Crippen molar-refractivity contribution in [3.05, 3.63) is 16.6 Å². The van der Waals surface area contributed by atoms with Crippen molar-refractivity contribution in [2.75, 3.05) is 18.7 Å². The van der Waals surface area contributed by atoms with Gasteiger partial charge in [0.15, 0.2) is 0 Å². The zero-order valence-electron chi connectivity index (χ0n) is 9.10. The van der Waals surface area contributed by atoms with Gasteiger partial charge in [-0.25, -0.2) is 13.4 Å². The normalized spacial score (nSPS) is 12.2. The van der Waals surface area contributed by atoms with Crippen LogP contribution in [0.3, 0.4) is 0 Å². The maximum Gasteiger partial charge on any atom is 0.214 e. The van der Waals surface area contributed by atoms with Crippen LogP contribution >= 0.6 is 22.9 Å². The molecule has 1 rings (SSSR count). The molecule has 1 aromatic heterocycles. The third kappa shape index (κ3) is 4.37. The predicted octanol–water partition coefficient (Wildman–Crippen LogP) is 1.92. The summed E-state index contributed by atoms with van der Waals surface area (Å²) in [7, 11) is -1.59. The third-order valence-corrected chi connectivity index (χ3v) is 4.91. The Morgan fingerprint density at radius 1 is 1.50 bits per heavy atom. The predicted molar refractivity (Wildman–Crippen MR) is 67.3 cm³/mol. The van der Waals surface area contributed by atoms with Crippen LogP contribution in [0.25, 0.3) is 0 Å². The lowest BCUT2D eigenvalue weighted by Gasteiger charge is -2.15. The van der Waals surface area contributed by atoms with E-state index < -0.39 is 10.0 Å². The van der Waals surface area contributed by atoms with Crippen molar-refractivity contribution in [1.29, 1.82) is 0 Å². The van der Waals surface area contributed by atoms with Crippen molar-refractivity contribution >= 4 is 33.0 Å². The van der Waals surface area contributed by atoms with Crippen molar-refractivity contribution in [2.45, 2.75) is 19.4 Å². The summed E-state index contributed by atoms with van der Waals surface area (Å²) in [5, 5.41) is 1.85. The quantitative estimate of drug-likeness (QED) is 0.567. The van der Waals surface area contributed by atoms with Gasteiger partial charge in [0, 0.05) is 18.3 Å². The molecule has 0 aliphatic rings. The van der Waals surface area contributed by atoms with E-state index in [4.69, 9.17) is 11.6 Å². The monoisotopic (exact) mass is 282 g/mol. The molecule has 0 amide bonds. The number of alkyl halides is 1. The van der Waals surface area contributed by atoms with Crippen molar-refractivity contribution in [1.82, 2.24) is 9.29 Å². The minimum atomic E-state index is -3.17. The van der Waals surface area contributed by atoms with Gasteiger partial charge >= 0.3 is 0 Å². The van der Waals surface area contributed by atoms with E-state index in [2.05, 4.69) is 4.98 Å². The average molecular weight is 283 g/mol. The number of hydrogen-bond acceptors (Lipinski definition) is 4. The summed E-state index contributed by atoms with van der Waals surface area (Å²) in [6.45, 7) is 0.340. The topological polar surface area (TPSA) is 50.3 Å². The molecule has 7 heteroatoms. The van der Waals surface area contributed by atoms with Crippen LogP contribution in [0, 0.1) is 0 Å². The number of unbranched alkanes of at least 4 members (excludes halogenated alkanes) is 1. The van der Waals surface area contributed by atoms with Crippen molar-refractivity contribution in [3.63, 3.8) is 0 Å². The second kappa shape index (κ2) is 6.54. The van der Waals surface area contributed by atoms with Gasteiger partial charge in [0.25, 0.3) is 0 Å². The molecule has 0 aliphatic carbocycles. The van der Waals surface area contributed by atoms with Crippen LogP contribution in [0.1, 0.15) is 18.5 Å². The molecule has 1 heterocycles. The number of hydrogen-bond donors (Lipinski definition) is 0. The third-order valence-electron chi connectivity index (χ3n) is 2.13. The molecule has 0 unspecified atom stereocenters. The minimum absolute atomic E-state index is 0.153. The fourth-order valence-electron chi connectivity index (χ4n) is 1.18. The fraction of sp³-hybridized carbons (Fsp3) is 0.667. The summed E-state index contributed by atoms with van der Waals surface area (Å²) in [4.78, 5) is 4.06. The SMILES string of the molecule is CN(Cc1cscn1)S(=O)(=O)CCCCCl. The lowest BCUT2D eigenvalue weighted by molar-refractivity contribution is 0.461. The van der Waals surface area contributed by atoms with Crippen LogP contribution in [0.4, 0.5) is 0 Å². The molecule has 0 aliphatic heterocycles. The summed E-state index contributed by atoms with van der Waals surface area (Å²) in [6, 6.07) is 0. The van der Waals surface area contributed by atoms with E-state index in [1.165, 1.54) is 15.6 Å². The molecular formula is C9H15ClN2O2S2. The highest BCUT2D eigenvalue weighted by Crippen LogP contribution is 2.09. The first-order chi connectivity index (χ1) is 7.56. The number of aromatic nitrogens is 1. The molecule has 0 atom stereocenters. The van der Waals surface area contributed by atoms with Gasteiger partial charge in [0.05, 0.1) is 23.5 Å². The average Bonchev–Trinajstić information content (AvgIpc) is 2.70. The first kappa shape index (κ1) is 13.9. The Kier molecular flexibility index (Phi) is 5.68. The molecule has 1 aromatic rings. The molecule has 0 fully saturated rings. The Balaban J connectivity index is 2.48. The zero-order valence-corrected chi connectivity index (χ0v) is 11.5. The molecule has 0 saturated carbocycles. The van der Waals surface area contributed by atoms with Crippen LogP contribution in [-0.4, -0.2) is 36.4 Å². The number of rotatable bonds is 7. The molecule has 16 heavy (non-hydrogen) atoms. The summed E-state index contributed by atoms with van der Waals surface area (Å²) in [5.74, 6) is 0.658. The minimum Gasteiger partial charge on any atom is -0.248 e. The zero-order chi connectivity index (χ0) is 12.0. The number of thiazole rings is 1. The lowest BCUT2D eigenvalue weighted by atomic mass is 10.4. The fourth-order valence-corrected chi connectivity index (χ4v) is 3.13. The largest absolute Gasteiger partial charge is 0.248 e. The summed E-state index contributed by atoms with van der Waals surface area (Å²) >= 11 is 6.97. The Bertz CT molecular complexity index is 392. The summed E-state index contributed by atoms with van der Waals surface area (Å²) < 4.78 is 24.9. The van der Waals surface area contributed by atoms with Gasteiger partial charge in [0.1, 0.15) is 0 Å².